The zero-order valence-electron chi connectivity index (χ0n) is 8.01. The number of nitriles is 1. The van der Waals surface area contributed by atoms with Crippen LogP contribution in [0.3, 0.4) is 0 Å². The molecule has 68 valence electrons. The average Bonchev–Trinajstić information content (AvgIpc) is 2.88. The van der Waals surface area contributed by atoms with Gasteiger partial charge in [0, 0.05) is 0 Å². The van der Waals surface area contributed by atoms with E-state index in [4.69, 9.17) is 5.26 Å². The van der Waals surface area contributed by atoms with Gasteiger partial charge in [0.2, 0.25) is 0 Å². The number of hydrogen-bond acceptors (Lipinski definition) is 2. The van der Waals surface area contributed by atoms with Crippen LogP contribution in [0.4, 0.5) is 0 Å². The average molecular weight is 166 g/mol. The first-order chi connectivity index (χ1) is 5.77. The monoisotopic (exact) mass is 166 g/mol. The Morgan fingerprint density at radius 1 is 1.58 bits per heavy atom. The molecule has 2 atom stereocenters. The smallest absolute Gasteiger partial charge is 0.0978 e. The van der Waals surface area contributed by atoms with Crippen molar-refractivity contribution in [1.29, 1.82) is 5.26 Å². The Balaban J connectivity index is 2.19. The van der Waals surface area contributed by atoms with Crippen LogP contribution in [-0.2, 0) is 0 Å². The molecule has 0 bridgehead atoms. The first-order valence-corrected chi connectivity index (χ1v) is 4.91. The lowest BCUT2D eigenvalue weighted by molar-refractivity contribution is 0.424. The summed E-state index contributed by atoms with van der Waals surface area (Å²) in [7, 11) is 0. The standard InChI is InChI=1S/C10H18N2/c1-3-8(2)10(6-11)12-7-9-4-5-9/h8-10,12H,3-5,7H2,1-2H3. The minimum atomic E-state index is 0.0654. The van der Waals surface area contributed by atoms with Gasteiger partial charge in [-0.15, -0.1) is 0 Å². The maximum absolute atomic E-state index is 8.85. The van der Waals surface area contributed by atoms with E-state index in [-0.39, 0.29) is 6.04 Å². The second-order valence-electron chi connectivity index (χ2n) is 3.84. The Hall–Kier alpha value is -0.550. The number of hydrogen-bond donors (Lipinski definition) is 1. The minimum absolute atomic E-state index is 0.0654. The largest absolute Gasteiger partial charge is 0.301 e. The molecule has 0 spiro atoms. The molecule has 1 aliphatic rings. The molecule has 0 aromatic rings. The van der Waals surface area contributed by atoms with Gasteiger partial charge in [-0.25, -0.2) is 0 Å². The van der Waals surface area contributed by atoms with Gasteiger partial charge >= 0.3 is 0 Å². The minimum Gasteiger partial charge on any atom is -0.301 e. The topological polar surface area (TPSA) is 35.8 Å². The predicted octanol–water partition coefficient (Wildman–Crippen LogP) is 1.92. The Morgan fingerprint density at radius 3 is 2.67 bits per heavy atom. The van der Waals surface area contributed by atoms with Gasteiger partial charge in [0.05, 0.1) is 12.1 Å². The van der Waals surface area contributed by atoms with Crippen molar-refractivity contribution in [1.82, 2.24) is 5.32 Å². The summed E-state index contributed by atoms with van der Waals surface area (Å²) < 4.78 is 0. The lowest BCUT2D eigenvalue weighted by atomic mass is 10.0. The van der Waals surface area contributed by atoms with E-state index < -0.39 is 0 Å². The normalized spacial score (nSPS) is 21.4. The van der Waals surface area contributed by atoms with E-state index >= 15 is 0 Å². The fraction of sp³-hybridized carbons (Fsp3) is 0.900. The van der Waals surface area contributed by atoms with Gasteiger partial charge in [0.25, 0.3) is 0 Å². The SMILES string of the molecule is CCC(C)C(C#N)NCC1CC1. The highest BCUT2D eigenvalue weighted by Gasteiger charge is 2.23. The van der Waals surface area contributed by atoms with Crippen LogP contribution in [0, 0.1) is 23.2 Å². The van der Waals surface area contributed by atoms with Crippen LogP contribution in [0.15, 0.2) is 0 Å². The molecule has 0 heterocycles. The zero-order valence-corrected chi connectivity index (χ0v) is 8.01. The molecule has 0 aromatic heterocycles. The molecule has 0 aromatic carbocycles. The molecule has 0 radical (unpaired) electrons. The molecular weight excluding hydrogens is 148 g/mol. The predicted molar refractivity (Wildman–Crippen MR) is 49.6 cm³/mol. The maximum Gasteiger partial charge on any atom is 0.0978 e. The van der Waals surface area contributed by atoms with Crippen molar-refractivity contribution in [3.8, 4) is 6.07 Å². The van der Waals surface area contributed by atoms with E-state index in [0.29, 0.717) is 5.92 Å². The van der Waals surface area contributed by atoms with Crippen molar-refractivity contribution >= 4 is 0 Å². The van der Waals surface area contributed by atoms with Crippen molar-refractivity contribution < 1.29 is 0 Å². The van der Waals surface area contributed by atoms with E-state index in [0.717, 1.165) is 18.9 Å². The van der Waals surface area contributed by atoms with Crippen molar-refractivity contribution in [3.63, 3.8) is 0 Å². The lowest BCUT2D eigenvalue weighted by Crippen LogP contribution is -2.34. The summed E-state index contributed by atoms with van der Waals surface area (Å²) in [5, 5.41) is 12.2. The first-order valence-electron chi connectivity index (χ1n) is 4.91. The summed E-state index contributed by atoms with van der Waals surface area (Å²) in [6.45, 7) is 5.31. The lowest BCUT2D eigenvalue weighted by Gasteiger charge is -2.16. The summed E-state index contributed by atoms with van der Waals surface area (Å²) in [6, 6.07) is 2.39. The van der Waals surface area contributed by atoms with Crippen LogP contribution in [-0.4, -0.2) is 12.6 Å². The van der Waals surface area contributed by atoms with Gasteiger partial charge in [-0.3, -0.25) is 0 Å². The van der Waals surface area contributed by atoms with Gasteiger partial charge in [-0.2, -0.15) is 5.26 Å². The molecule has 1 N–H and O–H groups in total. The fourth-order valence-electron chi connectivity index (χ4n) is 1.23. The summed E-state index contributed by atoms with van der Waals surface area (Å²) in [5.74, 6) is 1.35. The van der Waals surface area contributed by atoms with Crippen LogP contribution >= 0.6 is 0 Å². The van der Waals surface area contributed by atoms with Crippen molar-refractivity contribution in [3.05, 3.63) is 0 Å². The third kappa shape index (κ3) is 2.83. The van der Waals surface area contributed by atoms with E-state index in [2.05, 4.69) is 25.2 Å². The second kappa shape index (κ2) is 4.47. The highest BCUT2D eigenvalue weighted by Crippen LogP contribution is 2.27. The van der Waals surface area contributed by atoms with Gasteiger partial charge in [0.1, 0.15) is 0 Å². The summed E-state index contributed by atoms with van der Waals surface area (Å²) in [4.78, 5) is 0. The molecule has 12 heavy (non-hydrogen) atoms. The van der Waals surface area contributed by atoms with E-state index in [1.165, 1.54) is 12.8 Å². The van der Waals surface area contributed by atoms with Crippen molar-refractivity contribution in [2.45, 2.75) is 39.2 Å². The van der Waals surface area contributed by atoms with E-state index in [9.17, 15) is 0 Å². The molecule has 1 aliphatic carbocycles. The molecule has 0 aliphatic heterocycles. The fourth-order valence-corrected chi connectivity index (χ4v) is 1.23. The second-order valence-corrected chi connectivity index (χ2v) is 3.84. The number of nitrogens with one attached hydrogen (secondary N) is 1. The Kier molecular flexibility index (Phi) is 3.55. The summed E-state index contributed by atoms with van der Waals surface area (Å²) >= 11 is 0. The van der Waals surface area contributed by atoms with Crippen LogP contribution in [0.2, 0.25) is 0 Å². The molecule has 1 fully saturated rings. The maximum atomic E-state index is 8.85. The first kappa shape index (κ1) is 9.54. The quantitative estimate of drug-likeness (QED) is 0.677. The Bertz CT molecular complexity index is 167. The van der Waals surface area contributed by atoms with Crippen LogP contribution in [0.25, 0.3) is 0 Å². The summed E-state index contributed by atoms with van der Waals surface area (Å²) in [5.41, 5.74) is 0. The highest BCUT2D eigenvalue weighted by molar-refractivity contribution is 4.94. The molecule has 1 saturated carbocycles. The molecule has 2 unspecified atom stereocenters. The molecule has 0 amide bonds. The molecule has 1 rings (SSSR count). The Labute approximate surface area is 75.0 Å². The Morgan fingerprint density at radius 2 is 2.25 bits per heavy atom. The molecule has 2 nitrogen and oxygen atoms in total. The third-order valence-electron chi connectivity index (χ3n) is 2.68. The van der Waals surface area contributed by atoms with Crippen molar-refractivity contribution in [2.75, 3.05) is 6.54 Å². The van der Waals surface area contributed by atoms with Crippen LogP contribution < -0.4 is 5.32 Å². The van der Waals surface area contributed by atoms with E-state index in [1.54, 1.807) is 0 Å². The van der Waals surface area contributed by atoms with E-state index in [1.807, 2.05) is 0 Å². The van der Waals surface area contributed by atoms with Gasteiger partial charge in [0.15, 0.2) is 0 Å². The van der Waals surface area contributed by atoms with Crippen molar-refractivity contribution in [2.24, 2.45) is 11.8 Å². The third-order valence-corrected chi connectivity index (χ3v) is 2.68. The van der Waals surface area contributed by atoms with Gasteiger partial charge in [-0.1, -0.05) is 20.3 Å². The number of nitrogens with zero attached hydrogens (tertiary/aromatic N) is 1. The summed E-state index contributed by atoms with van der Waals surface area (Å²) in [6.07, 6.45) is 3.78. The van der Waals surface area contributed by atoms with Gasteiger partial charge < -0.3 is 5.32 Å². The molecular formula is C10H18N2. The number of rotatable bonds is 5. The molecule has 2 heteroatoms. The van der Waals surface area contributed by atoms with Crippen LogP contribution in [0.1, 0.15) is 33.1 Å². The zero-order chi connectivity index (χ0) is 8.97. The van der Waals surface area contributed by atoms with Gasteiger partial charge in [-0.05, 0) is 31.2 Å². The molecule has 0 saturated heterocycles. The van der Waals surface area contributed by atoms with Crippen LogP contribution in [0.5, 0.6) is 0 Å². The highest BCUT2D eigenvalue weighted by atomic mass is 14.9.